The van der Waals surface area contributed by atoms with E-state index in [-0.39, 0.29) is 5.56 Å². The molecule has 0 atom stereocenters. The Morgan fingerprint density at radius 1 is 0.548 bits per heavy atom. The first-order chi connectivity index (χ1) is 15.2. The molecule has 5 heteroatoms. The third-order valence-corrected chi connectivity index (χ3v) is 5.14. The number of benzene rings is 4. The first-order valence-corrected chi connectivity index (χ1v) is 9.97. The van der Waals surface area contributed by atoms with Gasteiger partial charge in [-0.15, -0.1) is 0 Å². The number of nitrogens with one attached hydrogen (secondary N) is 1. The molecule has 0 unspecified atom stereocenters. The number of anilines is 2. The van der Waals surface area contributed by atoms with Gasteiger partial charge in [-0.3, -0.25) is 9.36 Å². The summed E-state index contributed by atoms with van der Waals surface area (Å²) in [6, 6.07) is 33.6. The summed E-state index contributed by atoms with van der Waals surface area (Å²) >= 11 is 0. The van der Waals surface area contributed by atoms with E-state index >= 15 is 0 Å². The maximum Gasteiger partial charge on any atom is 0.340 e. The van der Waals surface area contributed by atoms with Crippen LogP contribution >= 0.6 is 0 Å². The van der Waals surface area contributed by atoms with Gasteiger partial charge in [-0.25, -0.2) is 9.36 Å². The van der Waals surface area contributed by atoms with Gasteiger partial charge in [0.2, 0.25) is 0 Å². The highest BCUT2D eigenvalue weighted by atomic mass is 16.2. The van der Waals surface area contributed by atoms with Crippen molar-refractivity contribution in [3.05, 3.63) is 130 Å². The predicted molar refractivity (Wildman–Crippen MR) is 125 cm³/mol. The minimum atomic E-state index is -0.404. The Balaban J connectivity index is 1.81. The van der Waals surface area contributed by atoms with Crippen LogP contribution in [0.25, 0.3) is 22.3 Å². The van der Waals surface area contributed by atoms with Crippen LogP contribution in [-0.2, 0) is 0 Å². The van der Waals surface area contributed by atoms with Crippen molar-refractivity contribution in [1.82, 2.24) is 9.13 Å². The van der Waals surface area contributed by atoms with Crippen molar-refractivity contribution < 1.29 is 0 Å². The maximum atomic E-state index is 13.5. The molecule has 0 aliphatic heterocycles. The van der Waals surface area contributed by atoms with Crippen LogP contribution in [0.3, 0.4) is 0 Å². The number of para-hydroxylation sites is 3. The molecule has 0 saturated carbocycles. The van der Waals surface area contributed by atoms with Crippen molar-refractivity contribution in [2.24, 2.45) is 0 Å². The molecule has 5 rings (SSSR count). The lowest BCUT2D eigenvalue weighted by atomic mass is 10.2. The Bertz CT molecular complexity index is 1470. The van der Waals surface area contributed by atoms with E-state index in [0.29, 0.717) is 22.3 Å². The molecule has 0 radical (unpaired) electrons. The highest BCUT2D eigenvalue weighted by molar-refractivity contribution is 5.84. The summed E-state index contributed by atoms with van der Waals surface area (Å²) in [5, 5.41) is 3.77. The Hall–Kier alpha value is -4.38. The lowest BCUT2D eigenvalue weighted by Crippen LogP contribution is -2.38. The molecule has 1 aromatic heterocycles. The van der Waals surface area contributed by atoms with Gasteiger partial charge in [0.05, 0.1) is 22.3 Å². The number of rotatable bonds is 4. The molecule has 0 amide bonds. The Kier molecular flexibility index (Phi) is 4.69. The molecule has 0 saturated heterocycles. The summed E-state index contributed by atoms with van der Waals surface area (Å²) in [6.45, 7) is 0. The molecule has 1 N–H and O–H groups in total. The van der Waals surface area contributed by atoms with E-state index in [4.69, 9.17) is 0 Å². The van der Waals surface area contributed by atoms with Crippen LogP contribution in [0.2, 0.25) is 0 Å². The van der Waals surface area contributed by atoms with Gasteiger partial charge in [-0.05, 0) is 54.6 Å². The number of hydrogen-bond acceptors (Lipinski definition) is 3. The quantitative estimate of drug-likeness (QED) is 0.463. The number of hydrogen-bond donors (Lipinski definition) is 1. The van der Waals surface area contributed by atoms with Crippen LogP contribution in [0.15, 0.2) is 119 Å². The van der Waals surface area contributed by atoms with E-state index in [1.807, 2.05) is 91.0 Å². The summed E-state index contributed by atoms with van der Waals surface area (Å²) in [4.78, 5) is 27.0. The van der Waals surface area contributed by atoms with Crippen molar-refractivity contribution in [2.45, 2.75) is 0 Å². The molecule has 0 aliphatic rings. The zero-order valence-corrected chi connectivity index (χ0v) is 16.6. The van der Waals surface area contributed by atoms with Gasteiger partial charge >= 0.3 is 5.69 Å². The number of nitrogens with zero attached hydrogens (tertiary/aromatic N) is 2. The van der Waals surface area contributed by atoms with Gasteiger partial charge in [0.25, 0.3) is 5.56 Å². The molecule has 4 aromatic carbocycles. The van der Waals surface area contributed by atoms with Crippen molar-refractivity contribution in [3.8, 4) is 11.4 Å². The van der Waals surface area contributed by atoms with Gasteiger partial charge in [0.1, 0.15) is 0 Å². The van der Waals surface area contributed by atoms with Gasteiger partial charge in [-0.1, -0.05) is 54.6 Å². The minimum Gasteiger partial charge on any atom is -0.356 e. The fourth-order valence-electron chi connectivity index (χ4n) is 3.71. The van der Waals surface area contributed by atoms with Crippen LogP contribution < -0.4 is 16.6 Å². The van der Waals surface area contributed by atoms with E-state index in [2.05, 4.69) is 5.32 Å². The molecular weight excluding hydrogens is 386 g/mol. The molecule has 150 valence electrons. The molecular formula is C26H19N3O2. The second kappa shape index (κ2) is 7.80. The lowest BCUT2D eigenvalue weighted by Gasteiger charge is -2.15. The smallest absolute Gasteiger partial charge is 0.340 e. The van der Waals surface area contributed by atoms with Crippen LogP contribution in [0.4, 0.5) is 11.4 Å². The number of aromatic nitrogens is 2. The average molecular weight is 405 g/mol. The Labute approximate surface area is 178 Å². The SMILES string of the molecule is O=c1c2cc(Nc3ccccc3)ccc2n(-c2ccccc2)c(=O)n1-c1ccccc1. The highest BCUT2D eigenvalue weighted by Gasteiger charge is 2.16. The summed E-state index contributed by atoms with van der Waals surface area (Å²) in [5.74, 6) is 0. The first-order valence-electron chi connectivity index (χ1n) is 9.97. The zero-order valence-electron chi connectivity index (χ0n) is 16.6. The monoisotopic (exact) mass is 405 g/mol. The molecule has 0 spiro atoms. The van der Waals surface area contributed by atoms with E-state index in [9.17, 15) is 9.59 Å². The standard InChI is InChI=1S/C26H19N3O2/c30-25-23-18-20(27-19-10-4-1-5-11-19)16-17-24(23)28(21-12-6-2-7-13-21)26(31)29(25)22-14-8-3-9-15-22/h1-18,27H. The minimum absolute atomic E-state index is 0.352. The first kappa shape index (κ1) is 18.6. The molecule has 1 heterocycles. The van der Waals surface area contributed by atoms with Gasteiger partial charge in [-0.2, -0.15) is 0 Å². The molecule has 0 aliphatic carbocycles. The average Bonchev–Trinajstić information content (AvgIpc) is 2.82. The summed E-state index contributed by atoms with van der Waals surface area (Å²) in [6.07, 6.45) is 0. The normalized spacial score (nSPS) is 10.8. The van der Waals surface area contributed by atoms with Gasteiger partial charge < -0.3 is 5.32 Å². The van der Waals surface area contributed by atoms with Crippen molar-refractivity contribution >= 4 is 22.3 Å². The van der Waals surface area contributed by atoms with Crippen molar-refractivity contribution in [3.63, 3.8) is 0 Å². The molecule has 5 aromatic rings. The summed E-state index contributed by atoms with van der Waals surface area (Å²) in [5.41, 5.74) is 2.73. The van der Waals surface area contributed by atoms with E-state index in [0.717, 1.165) is 11.4 Å². The third-order valence-electron chi connectivity index (χ3n) is 5.14. The van der Waals surface area contributed by atoms with Crippen LogP contribution in [0.5, 0.6) is 0 Å². The van der Waals surface area contributed by atoms with E-state index in [1.54, 1.807) is 22.8 Å². The second-order valence-corrected chi connectivity index (χ2v) is 7.15. The number of fused-ring (bicyclic) bond motifs is 1. The van der Waals surface area contributed by atoms with Crippen LogP contribution in [0, 0.1) is 0 Å². The summed E-state index contributed by atoms with van der Waals surface area (Å²) < 4.78 is 2.80. The summed E-state index contributed by atoms with van der Waals surface area (Å²) in [7, 11) is 0. The lowest BCUT2D eigenvalue weighted by molar-refractivity contribution is 0.835. The maximum absolute atomic E-state index is 13.5. The zero-order chi connectivity index (χ0) is 21.2. The van der Waals surface area contributed by atoms with Crippen molar-refractivity contribution in [2.75, 3.05) is 5.32 Å². The fraction of sp³-hybridized carbons (Fsp3) is 0. The van der Waals surface area contributed by atoms with Gasteiger partial charge in [0.15, 0.2) is 0 Å². The largest absolute Gasteiger partial charge is 0.356 e. The van der Waals surface area contributed by atoms with E-state index in [1.165, 1.54) is 4.57 Å². The van der Waals surface area contributed by atoms with Crippen molar-refractivity contribution in [1.29, 1.82) is 0 Å². The van der Waals surface area contributed by atoms with Crippen LogP contribution in [0.1, 0.15) is 0 Å². The van der Waals surface area contributed by atoms with E-state index < -0.39 is 5.69 Å². The molecule has 0 bridgehead atoms. The third kappa shape index (κ3) is 3.42. The second-order valence-electron chi connectivity index (χ2n) is 7.15. The highest BCUT2D eigenvalue weighted by Crippen LogP contribution is 2.22. The fourth-order valence-corrected chi connectivity index (χ4v) is 3.71. The molecule has 5 nitrogen and oxygen atoms in total. The van der Waals surface area contributed by atoms with Crippen LogP contribution in [-0.4, -0.2) is 9.13 Å². The molecule has 0 fully saturated rings. The predicted octanol–water partition coefficient (Wildman–Crippen LogP) is 4.89. The van der Waals surface area contributed by atoms with Gasteiger partial charge in [0, 0.05) is 11.4 Å². The topological polar surface area (TPSA) is 56.0 Å². The molecule has 31 heavy (non-hydrogen) atoms. The Morgan fingerprint density at radius 3 is 1.71 bits per heavy atom. The Morgan fingerprint density at radius 2 is 1.10 bits per heavy atom.